The first-order valence-corrected chi connectivity index (χ1v) is 9.13. The molecule has 6 N–H and O–H groups in total. The molecule has 1 aromatic carbocycles. The number of quaternary nitrogens is 1. The molecule has 3 amide bonds. The van der Waals surface area contributed by atoms with Crippen LogP contribution in [0.4, 0.5) is 0 Å². The van der Waals surface area contributed by atoms with Crippen molar-refractivity contribution in [1.29, 1.82) is 0 Å². The van der Waals surface area contributed by atoms with Gasteiger partial charge in [-0.25, -0.2) is 0 Å². The van der Waals surface area contributed by atoms with E-state index in [1.54, 1.807) is 24.3 Å². The number of carboxylic acids is 1. The third-order valence-electron chi connectivity index (χ3n) is 3.92. The maximum Gasteiger partial charge on any atom is 0.275 e. The highest BCUT2D eigenvalue weighted by Gasteiger charge is 2.24. The largest absolute Gasteiger partial charge is 0.548 e. The van der Waals surface area contributed by atoms with Crippen LogP contribution in [-0.4, -0.2) is 48.9 Å². The van der Waals surface area contributed by atoms with E-state index in [9.17, 15) is 24.3 Å². The molecule has 0 heterocycles. The highest BCUT2D eigenvalue weighted by molar-refractivity contribution is 5.92. The number of amides is 3. The number of hydrogen-bond acceptors (Lipinski definition) is 5. The Morgan fingerprint density at radius 1 is 1.00 bits per heavy atom. The van der Waals surface area contributed by atoms with Gasteiger partial charge in [0.15, 0.2) is 6.54 Å². The van der Waals surface area contributed by atoms with Crippen LogP contribution in [0.5, 0.6) is 0 Å². The number of benzene rings is 1. The first-order valence-electron chi connectivity index (χ1n) is 9.13. The van der Waals surface area contributed by atoms with Crippen molar-refractivity contribution in [2.45, 2.75) is 38.8 Å². The zero-order valence-corrected chi connectivity index (χ0v) is 16.2. The van der Waals surface area contributed by atoms with Crippen LogP contribution >= 0.6 is 0 Å². The van der Waals surface area contributed by atoms with Crippen molar-refractivity contribution < 1.29 is 30.0 Å². The second-order valence-corrected chi connectivity index (χ2v) is 6.85. The van der Waals surface area contributed by atoms with Gasteiger partial charge in [-0.2, -0.15) is 0 Å². The van der Waals surface area contributed by atoms with Gasteiger partial charge in [0.05, 0.1) is 18.6 Å². The second-order valence-electron chi connectivity index (χ2n) is 6.85. The van der Waals surface area contributed by atoms with Crippen molar-refractivity contribution in [2.75, 3.05) is 13.1 Å². The fourth-order valence-electron chi connectivity index (χ4n) is 2.53. The Balaban J connectivity index is 2.86. The van der Waals surface area contributed by atoms with Crippen molar-refractivity contribution in [1.82, 2.24) is 16.0 Å². The van der Waals surface area contributed by atoms with Gasteiger partial charge in [-0.05, 0) is 17.9 Å². The summed E-state index contributed by atoms with van der Waals surface area (Å²) in [7, 11) is 0. The number of aliphatic carboxylic acids is 1. The van der Waals surface area contributed by atoms with E-state index >= 15 is 0 Å². The molecule has 0 saturated heterocycles. The monoisotopic (exact) mass is 392 g/mol. The molecular weight excluding hydrogens is 364 g/mol. The predicted octanol–water partition coefficient (Wildman–Crippen LogP) is -2.65. The number of hydrogen-bond donors (Lipinski definition) is 4. The van der Waals surface area contributed by atoms with E-state index in [1.165, 1.54) is 0 Å². The molecule has 9 nitrogen and oxygen atoms in total. The van der Waals surface area contributed by atoms with Crippen molar-refractivity contribution in [3.05, 3.63) is 35.9 Å². The van der Waals surface area contributed by atoms with Crippen molar-refractivity contribution in [2.24, 2.45) is 5.92 Å². The zero-order valence-electron chi connectivity index (χ0n) is 16.2. The molecule has 2 atom stereocenters. The van der Waals surface area contributed by atoms with Gasteiger partial charge >= 0.3 is 0 Å². The quantitative estimate of drug-likeness (QED) is 0.324. The second kappa shape index (κ2) is 11.7. The summed E-state index contributed by atoms with van der Waals surface area (Å²) in [4.78, 5) is 47.3. The van der Waals surface area contributed by atoms with Crippen LogP contribution in [0.2, 0.25) is 0 Å². The minimum Gasteiger partial charge on any atom is -0.548 e. The lowest BCUT2D eigenvalue weighted by Crippen LogP contribution is -2.59. The van der Waals surface area contributed by atoms with E-state index in [-0.39, 0.29) is 31.8 Å². The van der Waals surface area contributed by atoms with E-state index in [1.807, 2.05) is 19.9 Å². The highest BCUT2D eigenvalue weighted by atomic mass is 16.4. The summed E-state index contributed by atoms with van der Waals surface area (Å²) in [5.41, 5.74) is 4.20. The van der Waals surface area contributed by atoms with Gasteiger partial charge in [-0.3, -0.25) is 14.4 Å². The first-order chi connectivity index (χ1) is 13.2. The molecule has 0 spiro atoms. The number of nitrogens with one attached hydrogen (secondary N) is 3. The van der Waals surface area contributed by atoms with E-state index < -0.39 is 35.8 Å². The molecule has 0 aliphatic carbocycles. The molecule has 1 aromatic rings. The van der Waals surface area contributed by atoms with Crippen molar-refractivity contribution in [3.63, 3.8) is 0 Å². The molecule has 0 radical (unpaired) electrons. The fourth-order valence-corrected chi connectivity index (χ4v) is 2.53. The zero-order chi connectivity index (χ0) is 21.1. The van der Waals surface area contributed by atoms with Crippen LogP contribution in [0, 0.1) is 5.92 Å². The molecule has 0 aliphatic rings. The Bertz CT molecular complexity index is 678. The van der Waals surface area contributed by atoms with Gasteiger partial charge in [-0.15, -0.1) is 0 Å². The topological polar surface area (TPSA) is 155 Å². The van der Waals surface area contributed by atoms with Gasteiger partial charge in [0.1, 0.15) is 6.04 Å². The summed E-state index contributed by atoms with van der Waals surface area (Å²) in [6.45, 7) is 3.35. The van der Waals surface area contributed by atoms with E-state index in [2.05, 4.69) is 21.7 Å². The van der Waals surface area contributed by atoms with Crippen molar-refractivity contribution in [3.8, 4) is 0 Å². The number of carbonyl (C=O) groups is 4. The van der Waals surface area contributed by atoms with Crippen LogP contribution in [0.25, 0.3) is 0 Å². The van der Waals surface area contributed by atoms with E-state index in [0.717, 1.165) is 5.56 Å². The molecule has 0 aromatic heterocycles. The molecule has 0 fully saturated rings. The third-order valence-corrected chi connectivity index (χ3v) is 3.92. The molecule has 9 heteroatoms. The smallest absolute Gasteiger partial charge is 0.275 e. The molecular formula is C19H28N4O5. The van der Waals surface area contributed by atoms with Gasteiger partial charge in [0, 0.05) is 6.42 Å². The summed E-state index contributed by atoms with van der Waals surface area (Å²) in [6, 6.07) is 6.84. The molecule has 28 heavy (non-hydrogen) atoms. The highest BCUT2D eigenvalue weighted by Crippen LogP contribution is 2.07. The maximum absolute atomic E-state index is 12.7. The Labute approximate surface area is 164 Å². The summed E-state index contributed by atoms with van der Waals surface area (Å²) >= 11 is 0. The molecule has 0 unspecified atom stereocenters. The van der Waals surface area contributed by atoms with Gasteiger partial charge < -0.3 is 31.6 Å². The lowest BCUT2D eigenvalue weighted by molar-refractivity contribution is -0.355. The van der Waals surface area contributed by atoms with Crippen LogP contribution in [0.1, 0.15) is 25.8 Å². The average molecular weight is 392 g/mol. The molecule has 0 bridgehead atoms. The minimum absolute atomic E-state index is 0.0102. The van der Waals surface area contributed by atoms with Gasteiger partial charge in [0.25, 0.3) is 5.91 Å². The normalized spacial score (nSPS) is 12.7. The standard InChI is InChI=1S/C19H28N4O5/c1-12(2)8-15(19(27)28)23-18(26)14(9-13-6-4-3-5-7-13)22-17(25)11-21-16(24)10-20/h3-7,12,14-15H,8-11,20H2,1-2H3,(H,21,24)(H,22,25)(H,23,26)(H,27,28)/t14-,15-/m0/s1. The van der Waals surface area contributed by atoms with E-state index in [0.29, 0.717) is 0 Å². The Morgan fingerprint density at radius 2 is 1.64 bits per heavy atom. The van der Waals surface area contributed by atoms with Crippen LogP contribution in [-0.2, 0) is 25.6 Å². The lowest BCUT2D eigenvalue weighted by Gasteiger charge is -2.25. The van der Waals surface area contributed by atoms with Crippen LogP contribution in [0.3, 0.4) is 0 Å². The molecule has 154 valence electrons. The molecule has 0 aliphatic heterocycles. The summed E-state index contributed by atoms with van der Waals surface area (Å²) in [5, 5.41) is 18.7. The Morgan fingerprint density at radius 3 is 2.18 bits per heavy atom. The van der Waals surface area contributed by atoms with Gasteiger partial charge in [0.2, 0.25) is 11.8 Å². The predicted molar refractivity (Wildman–Crippen MR) is 99.2 cm³/mol. The summed E-state index contributed by atoms with van der Waals surface area (Å²) in [5.74, 6) is -2.94. The summed E-state index contributed by atoms with van der Waals surface area (Å²) < 4.78 is 0. The van der Waals surface area contributed by atoms with Gasteiger partial charge in [-0.1, -0.05) is 44.2 Å². The maximum atomic E-state index is 12.7. The Kier molecular flexibility index (Phi) is 9.66. The first kappa shape index (κ1) is 23.1. The molecule has 1 rings (SSSR count). The number of carboxylic acid groups (broad SMARTS) is 1. The Hall–Kier alpha value is -2.94. The molecule has 0 saturated carbocycles. The SMILES string of the molecule is CC(C)C[C@H](NC(=O)[C@H](Cc1ccccc1)NC(=O)CNC(=O)C[NH3+])C(=O)[O-]. The van der Waals surface area contributed by atoms with E-state index in [4.69, 9.17) is 0 Å². The number of rotatable bonds is 11. The summed E-state index contributed by atoms with van der Waals surface area (Å²) in [6.07, 6.45) is 0.378. The number of carbonyl (C=O) groups excluding carboxylic acids is 4. The van der Waals surface area contributed by atoms with Crippen molar-refractivity contribution >= 4 is 23.7 Å². The fraction of sp³-hybridized carbons (Fsp3) is 0.474. The lowest BCUT2D eigenvalue weighted by atomic mass is 10.0. The minimum atomic E-state index is -1.38. The van der Waals surface area contributed by atoms with Crippen LogP contribution < -0.4 is 26.8 Å². The third kappa shape index (κ3) is 8.63. The van der Waals surface area contributed by atoms with Crippen LogP contribution in [0.15, 0.2) is 30.3 Å². The average Bonchev–Trinajstić information content (AvgIpc) is 2.65.